The summed E-state index contributed by atoms with van der Waals surface area (Å²) in [4.78, 5) is 32.8. The van der Waals surface area contributed by atoms with Crippen LogP contribution < -0.4 is 10.6 Å². The van der Waals surface area contributed by atoms with Crippen LogP contribution in [0.15, 0.2) is 77.9 Å². The van der Waals surface area contributed by atoms with Crippen molar-refractivity contribution in [3.63, 3.8) is 0 Å². The lowest BCUT2D eigenvalue weighted by atomic mass is 10.2. The van der Waals surface area contributed by atoms with E-state index in [4.69, 9.17) is 4.74 Å². The summed E-state index contributed by atoms with van der Waals surface area (Å²) in [5.41, 5.74) is 2.49. The SMILES string of the molecule is CCC(=O)OCSC(=NC(C)NC(=O)/C=C/c1ccccc1)Nc1cccc2cccnc12. The van der Waals surface area contributed by atoms with E-state index in [1.165, 1.54) is 17.8 Å². The normalized spacial score (nSPS) is 12.5. The number of benzene rings is 2. The number of hydrogen-bond donors (Lipinski definition) is 2. The third kappa shape index (κ3) is 7.76. The van der Waals surface area contributed by atoms with Crippen molar-refractivity contribution in [2.24, 2.45) is 4.99 Å². The van der Waals surface area contributed by atoms with Gasteiger partial charge in [0.1, 0.15) is 12.1 Å². The van der Waals surface area contributed by atoms with Crippen LogP contribution in [0.4, 0.5) is 5.69 Å². The van der Waals surface area contributed by atoms with E-state index in [1.807, 2.05) is 60.7 Å². The van der Waals surface area contributed by atoms with Gasteiger partial charge in [-0.1, -0.05) is 55.5 Å². The van der Waals surface area contributed by atoms with Crippen LogP contribution in [-0.4, -0.2) is 34.1 Å². The van der Waals surface area contributed by atoms with Crippen molar-refractivity contribution in [2.45, 2.75) is 26.4 Å². The Morgan fingerprint density at radius 2 is 1.91 bits per heavy atom. The minimum absolute atomic E-state index is 0.102. The van der Waals surface area contributed by atoms with Crippen molar-refractivity contribution < 1.29 is 14.3 Å². The fourth-order valence-corrected chi connectivity index (χ4v) is 3.59. The summed E-state index contributed by atoms with van der Waals surface area (Å²) < 4.78 is 5.19. The molecule has 170 valence electrons. The molecule has 0 aliphatic rings. The van der Waals surface area contributed by atoms with E-state index < -0.39 is 6.17 Å². The van der Waals surface area contributed by atoms with E-state index in [-0.39, 0.29) is 17.8 Å². The van der Waals surface area contributed by atoms with Crippen molar-refractivity contribution in [1.82, 2.24) is 10.3 Å². The van der Waals surface area contributed by atoms with Gasteiger partial charge in [-0.05, 0) is 42.5 Å². The number of nitrogens with zero attached hydrogens (tertiary/aromatic N) is 2. The minimum Gasteiger partial charge on any atom is -0.454 e. The molecule has 8 heteroatoms. The summed E-state index contributed by atoms with van der Waals surface area (Å²) in [6.07, 6.45) is 4.72. The number of hydrogen-bond acceptors (Lipinski definition) is 6. The Morgan fingerprint density at radius 1 is 1.12 bits per heavy atom. The van der Waals surface area contributed by atoms with Crippen LogP contribution in [0.5, 0.6) is 0 Å². The Bertz CT molecular complexity index is 1140. The number of anilines is 1. The molecule has 0 saturated carbocycles. The maximum Gasteiger partial charge on any atom is 0.306 e. The number of nitrogens with one attached hydrogen (secondary N) is 2. The Morgan fingerprint density at radius 3 is 2.70 bits per heavy atom. The average molecular weight is 463 g/mol. The highest BCUT2D eigenvalue weighted by Gasteiger charge is 2.11. The van der Waals surface area contributed by atoms with Crippen molar-refractivity contribution in [2.75, 3.05) is 11.3 Å². The van der Waals surface area contributed by atoms with Crippen LogP contribution in [-0.2, 0) is 14.3 Å². The summed E-state index contributed by atoms with van der Waals surface area (Å²) in [7, 11) is 0. The third-order valence-corrected chi connectivity index (χ3v) is 5.18. The molecule has 0 bridgehead atoms. The highest BCUT2D eigenvalue weighted by atomic mass is 32.2. The molecule has 0 radical (unpaired) electrons. The topological polar surface area (TPSA) is 92.7 Å². The molecule has 2 aromatic carbocycles. The van der Waals surface area contributed by atoms with E-state index in [2.05, 4.69) is 20.6 Å². The van der Waals surface area contributed by atoms with Crippen LogP contribution in [0, 0.1) is 0 Å². The Balaban J connectivity index is 1.72. The maximum absolute atomic E-state index is 12.3. The number of ether oxygens (including phenoxy) is 1. The molecule has 1 atom stereocenters. The largest absolute Gasteiger partial charge is 0.454 e. The number of para-hydroxylation sites is 1. The zero-order valence-electron chi connectivity index (χ0n) is 18.5. The highest BCUT2D eigenvalue weighted by Crippen LogP contribution is 2.22. The van der Waals surface area contributed by atoms with Crippen LogP contribution in [0.2, 0.25) is 0 Å². The van der Waals surface area contributed by atoms with E-state index in [0.717, 1.165) is 22.2 Å². The molecule has 1 aromatic heterocycles. The number of carbonyl (C=O) groups is 2. The minimum atomic E-state index is -0.516. The van der Waals surface area contributed by atoms with Gasteiger partial charge in [-0.25, -0.2) is 4.99 Å². The van der Waals surface area contributed by atoms with E-state index in [1.54, 1.807) is 26.1 Å². The van der Waals surface area contributed by atoms with Crippen molar-refractivity contribution >= 4 is 51.5 Å². The first-order valence-corrected chi connectivity index (χ1v) is 11.5. The Hall–Kier alpha value is -3.65. The molecule has 0 aliphatic carbocycles. The van der Waals surface area contributed by atoms with Crippen LogP contribution in [0.3, 0.4) is 0 Å². The molecule has 1 heterocycles. The molecule has 0 fully saturated rings. The van der Waals surface area contributed by atoms with Crippen LogP contribution in [0.25, 0.3) is 17.0 Å². The fourth-order valence-electron chi connectivity index (χ4n) is 2.88. The number of aromatic nitrogens is 1. The second-order valence-electron chi connectivity index (χ2n) is 7.00. The lowest BCUT2D eigenvalue weighted by molar-refractivity contribution is -0.140. The Kier molecular flexibility index (Phi) is 9.02. The predicted octanol–water partition coefficient (Wildman–Crippen LogP) is 4.82. The molecule has 0 saturated heterocycles. The molecular weight excluding hydrogens is 436 g/mol. The summed E-state index contributed by atoms with van der Waals surface area (Å²) in [5, 5.41) is 7.57. The number of amides is 1. The van der Waals surface area contributed by atoms with Gasteiger partial charge in [0.15, 0.2) is 5.17 Å². The first-order valence-electron chi connectivity index (χ1n) is 10.6. The van der Waals surface area contributed by atoms with Gasteiger partial charge in [0.25, 0.3) is 0 Å². The number of thioether (sulfide) groups is 1. The summed E-state index contributed by atoms with van der Waals surface area (Å²) in [6, 6.07) is 19.2. The molecule has 0 aliphatic heterocycles. The number of rotatable bonds is 8. The molecular formula is C25H26N4O3S. The molecule has 3 rings (SSSR count). The van der Waals surface area contributed by atoms with E-state index in [9.17, 15) is 9.59 Å². The monoisotopic (exact) mass is 462 g/mol. The van der Waals surface area contributed by atoms with Crippen molar-refractivity contribution in [3.8, 4) is 0 Å². The second kappa shape index (κ2) is 12.4. The van der Waals surface area contributed by atoms with Gasteiger partial charge in [-0.15, -0.1) is 0 Å². The summed E-state index contributed by atoms with van der Waals surface area (Å²) in [5.74, 6) is -0.449. The van der Waals surface area contributed by atoms with Crippen molar-refractivity contribution in [3.05, 3.63) is 78.5 Å². The van der Waals surface area contributed by atoms with Gasteiger partial charge in [0.05, 0.1) is 11.2 Å². The zero-order chi connectivity index (χ0) is 23.5. The molecule has 7 nitrogen and oxygen atoms in total. The quantitative estimate of drug-likeness (QED) is 0.164. The average Bonchev–Trinajstić information content (AvgIpc) is 2.83. The van der Waals surface area contributed by atoms with Crippen LogP contribution >= 0.6 is 11.8 Å². The van der Waals surface area contributed by atoms with Gasteiger partial charge in [0.2, 0.25) is 5.91 Å². The van der Waals surface area contributed by atoms with Gasteiger partial charge in [-0.2, -0.15) is 0 Å². The standard InChI is InChI=1S/C25H26N4O3S/c1-3-23(31)32-17-33-25(29-21-13-7-11-20-12-8-16-26-24(20)21)28-18(2)27-22(30)15-14-19-9-5-4-6-10-19/h4-16,18H,3,17H2,1-2H3,(H,27,30)(H,28,29)/b15-14+. The van der Waals surface area contributed by atoms with E-state index >= 15 is 0 Å². The number of fused-ring (bicyclic) bond motifs is 1. The smallest absolute Gasteiger partial charge is 0.306 e. The molecule has 1 amide bonds. The van der Waals surface area contributed by atoms with Gasteiger partial charge >= 0.3 is 5.97 Å². The first kappa shape index (κ1) is 24.0. The third-order valence-electron chi connectivity index (χ3n) is 4.47. The Labute approximate surface area is 197 Å². The molecule has 3 aromatic rings. The van der Waals surface area contributed by atoms with Gasteiger partial charge in [-0.3, -0.25) is 14.6 Å². The maximum atomic E-state index is 12.3. The summed E-state index contributed by atoms with van der Waals surface area (Å²) >= 11 is 1.23. The zero-order valence-corrected chi connectivity index (χ0v) is 19.3. The molecule has 0 spiro atoms. The number of esters is 1. The summed E-state index contributed by atoms with van der Waals surface area (Å²) in [6.45, 7) is 3.51. The number of pyridine rings is 1. The molecule has 33 heavy (non-hydrogen) atoms. The van der Waals surface area contributed by atoms with Crippen LogP contribution in [0.1, 0.15) is 25.8 Å². The van der Waals surface area contributed by atoms with Gasteiger partial charge < -0.3 is 15.4 Å². The van der Waals surface area contributed by atoms with E-state index in [0.29, 0.717) is 11.6 Å². The lowest BCUT2D eigenvalue weighted by Crippen LogP contribution is -2.31. The highest BCUT2D eigenvalue weighted by molar-refractivity contribution is 8.14. The predicted molar refractivity (Wildman–Crippen MR) is 135 cm³/mol. The number of amidine groups is 1. The lowest BCUT2D eigenvalue weighted by Gasteiger charge is -2.14. The molecule has 1 unspecified atom stereocenters. The molecule has 2 N–H and O–H groups in total. The fraction of sp³-hybridized carbons (Fsp3) is 0.200. The number of aliphatic imine (C=N–C) groups is 1. The first-order chi connectivity index (χ1) is 16.0. The van der Waals surface area contributed by atoms with Crippen molar-refractivity contribution in [1.29, 1.82) is 0 Å². The van der Waals surface area contributed by atoms with Gasteiger partial charge in [0, 0.05) is 24.1 Å². The number of carbonyl (C=O) groups excluding carboxylic acids is 2. The second-order valence-corrected chi connectivity index (χ2v) is 7.91.